The molecule has 0 aliphatic carbocycles. The molecule has 14 heavy (non-hydrogen) atoms. The van der Waals surface area contributed by atoms with E-state index < -0.39 is 0 Å². The molecule has 1 amide bonds. The quantitative estimate of drug-likeness (QED) is 0.733. The number of amides is 1. The van der Waals surface area contributed by atoms with Gasteiger partial charge in [-0.15, -0.1) is 0 Å². The van der Waals surface area contributed by atoms with Gasteiger partial charge >= 0.3 is 0 Å². The van der Waals surface area contributed by atoms with Crippen LogP contribution in [0.15, 0.2) is 16.9 Å². The molecule has 0 saturated carbocycles. The predicted molar refractivity (Wildman–Crippen MR) is 54.5 cm³/mol. The van der Waals surface area contributed by atoms with Gasteiger partial charge in [-0.3, -0.25) is 9.59 Å². The summed E-state index contributed by atoms with van der Waals surface area (Å²) in [4.78, 5) is 25.3. The lowest BCUT2D eigenvalue weighted by Gasteiger charge is -2.05. The van der Waals surface area contributed by atoms with E-state index in [0.29, 0.717) is 0 Å². The number of pyridine rings is 1. The largest absolute Gasteiger partial charge is 0.355 e. The first-order chi connectivity index (χ1) is 6.56. The highest BCUT2D eigenvalue weighted by Gasteiger charge is 2.09. The number of hydrogen-bond donors (Lipinski definition) is 2. The molecule has 0 atom stereocenters. The maximum absolute atomic E-state index is 11.4. The molecule has 0 saturated heterocycles. The van der Waals surface area contributed by atoms with Gasteiger partial charge in [0, 0.05) is 12.7 Å². The number of hydrogen-bond acceptors (Lipinski definition) is 2. The Morgan fingerprint density at radius 2 is 2.07 bits per heavy atom. The Labute approximate surface area is 82.3 Å². The average molecular weight is 194 g/mol. The molecule has 1 aromatic rings. The molecule has 0 fully saturated rings. The fraction of sp³-hybridized carbons (Fsp3) is 0.400. The van der Waals surface area contributed by atoms with Crippen LogP contribution in [0.4, 0.5) is 0 Å². The number of carbonyl (C=O) groups excluding carboxylic acids is 1. The third-order valence-corrected chi connectivity index (χ3v) is 2.03. The highest BCUT2D eigenvalue weighted by atomic mass is 16.2. The molecule has 0 spiro atoms. The maximum Gasteiger partial charge on any atom is 0.261 e. The molecule has 4 nitrogen and oxygen atoms in total. The van der Waals surface area contributed by atoms with E-state index in [1.807, 2.05) is 13.8 Å². The summed E-state index contributed by atoms with van der Waals surface area (Å²) in [5.74, 6) is -0.108. The van der Waals surface area contributed by atoms with Crippen LogP contribution in [0.5, 0.6) is 0 Å². The number of H-pyrrole nitrogens is 1. The lowest BCUT2D eigenvalue weighted by Crippen LogP contribution is -2.27. The summed E-state index contributed by atoms with van der Waals surface area (Å²) in [6.07, 6.45) is 0. The summed E-state index contributed by atoms with van der Waals surface area (Å²) in [5.41, 5.74) is 0.648. The van der Waals surface area contributed by atoms with Gasteiger partial charge in [0.05, 0.1) is 0 Å². The minimum Gasteiger partial charge on any atom is -0.355 e. The van der Waals surface area contributed by atoms with E-state index in [9.17, 15) is 9.59 Å². The first-order valence-electron chi connectivity index (χ1n) is 4.51. The van der Waals surface area contributed by atoms with Crippen molar-refractivity contribution in [1.82, 2.24) is 10.3 Å². The minimum atomic E-state index is -0.360. The molecule has 4 heteroatoms. The van der Waals surface area contributed by atoms with Crippen molar-refractivity contribution in [3.05, 3.63) is 33.7 Å². The van der Waals surface area contributed by atoms with Crippen LogP contribution in [-0.4, -0.2) is 17.9 Å². The normalized spacial score (nSPS) is 10.3. The van der Waals surface area contributed by atoms with Gasteiger partial charge in [-0.2, -0.15) is 0 Å². The third kappa shape index (κ3) is 2.02. The number of aromatic nitrogens is 1. The van der Waals surface area contributed by atoms with Crippen LogP contribution in [-0.2, 0) is 0 Å². The summed E-state index contributed by atoms with van der Waals surface area (Å²) < 4.78 is 0. The van der Waals surface area contributed by atoms with E-state index in [-0.39, 0.29) is 22.9 Å². The van der Waals surface area contributed by atoms with Gasteiger partial charge < -0.3 is 10.3 Å². The van der Waals surface area contributed by atoms with Crippen LogP contribution in [0, 0.1) is 0 Å². The minimum absolute atomic E-state index is 0.150. The van der Waals surface area contributed by atoms with Gasteiger partial charge in [0.25, 0.3) is 11.5 Å². The molecule has 0 bridgehead atoms. The molecule has 0 aliphatic rings. The molecule has 0 unspecified atom stereocenters. The number of nitrogens with one attached hydrogen (secondary N) is 2. The molecule has 0 aliphatic heterocycles. The fourth-order valence-electron chi connectivity index (χ4n) is 1.14. The first-order valence-corrected chi connectivity index (χ1v) is 4.51. The Bertz CT molecular complexity index is 393. The van der Waals surface area contributed by atoms with Crippen molar-refractivity contribution >= 4 is 5.91 Å². The van der Waals surface area contributed by atoms with Crippen LogP contribution in [0.3, 0.4) is 0 Å². The number of aromatic amines is 1. The van der Waals surface area contributed by atoms with Gasteiger partial charge in [-0.05, 0) is 18.1 Å². The lowest BCUT2D eigenvalue weighted by atomic mass is 10.1. The van der Waals surface area contributed by atoms with Crippen LogP contribution in [0.2, 0.25) is 0 Å². The van der Waals surface area contributed by atoms with Crippen molar-refractivity contribution < 1.29 is 4.79 Å². The summed E-state index contributed by atoms with van der Waals surface area (Å²) in [6.45, 7) is 3.95. The maximum atomic E-state index is 11.4. The molecule has 0 aromatic carbocycles. The van der Waals surface area contributed by atoms with Gasteiger partial charge in [-0.25, -0.2) is 0 Å². The van der Waals surface area contributed by atoms with Crippen LogP contribution in [0.1, 0.15) is 35.8 Å². The van der Waals surface area contributed by atoms with Crippen LogP contribution in [0.25, 0.3) is 0 Å². The SMILES string of the molecule is CNC(=O)c1ccc(C(C)C)[nH]c1=O. The summed E-state index contributed by atoms with van der Waals surface area (Å²) in [7, 11) is 1.50. The lowest BCUT2D eigenvalue weighted by molar-refractivity contribution is 0.0961. The van der Waals surface area contributed by atoms with Crippen molar-refractivity contribution in [2.45, 2.75) is 19.8 Å². The van der Waals surface area contributed by atoms with E-state index >= 15 is 0 Å². The van der Waals surface area contributed by atoms with Crippen molar-refractivity contribution in [3.63, 3.8) is 0 Å². The zero-order valence-corrected chi connectivity index (χ0v) is 8.55. The van der Waals surface area contributed by atoms with Crippen LogP contribution >= 0.6 is 0 Å². The van der Waals surface area contributed by atoms with Crippen molar-refractivity contribution in [2.24, 2.45) is 0 Å². The second kappa shape index (κ2) is 4.09. The topological polar surface area (TPSA) is 62.0 Å². The van der Waals surface area contributed by atoms with E-state index in [4.69, 9.17) is 0 Å². The predicted octanol–water partition coefficient (Wildman–Crippen LogP) is 0.858. The Kier molecular flexibility index (Phi) is 3.06. The summed E-state index contributed by atoms with van der Waals surface area (Å²) in [6, 6.07) is 3.31. The van der Waals surface area contributed by atoms with Crippen LogP contribution < -0.4 is 10.9 Å². The molecule has 1 aromatic heterocycles. The van der Waals surface area contributed by atoms with E-state index in [1.54, 1.807) is 12.1 Å². The zero-order chi connectivity index (χ0) is 10.7. The first kappa shape index (κ1) is 10.5. The number of carbonyl (C=O) groups is 1. The molecule has 2 N–H and O–H groups in total. The standard InChI is InChI=1S/C10H14N2O2/c1-6(2)8-5-4-7(9(13)11-3)10(14)12-8/h4-6H,1-3H3,(H,11,13)(H,12,14). The van der Waals surface area contributed by atoms with E-state index in [0.717, 1.165) is 5.69 Å². The highest BCUT2D eigenvalue weighted by Crippen LogP contribution is 2.08. The molecular weight excluding hydrogens is 180 g/mol. The van der Waals surface area contributed by atoms with E-state index in [2.05, 4.69) is 10.3 Å². The zero-order valence-electron chi connectivity index (χ0n) is 8.55. The molecule has 1 heterocycles. The number of rotatable bonds is 2. The highest BCUT2D eigenvalue weighted by molar-refractivity contribution is 5.93. The second-order valence-corrected chi connectivity index (χ2v) is 3.39. The summed E-state index contributed by atoms with van der Waals surface area (Å²) in [5, 5.41) is 2.41. The summed E-state index contributed by atoms with van der Waals surface area (Å²) >= 11 is 0. The van der Waals surface area contributed by atoms with E-state index in [1.165, 1.54) is 7.05 Å². The fourth-order valence-corrected chi connectivity index (χ4v) is 1.14. The van der Waals surface area contributed by atoms with Crippen molar-refractivity contribution in [3.8, 4) is 0 Å². The monoisotopic (exact) mass is 194 g/mol. The van der Waals surface area contributed by atoms with Gasteiger partial charge in [0.1, 0.15) is 5.56 Å². The van der Waals surface area contributed by atoms with Gasteiger partial charge in [0.2, 0.25) is 0 Å². The van der Waals surface area contributed by atoms with Gasteiger partial charge in [-0.1, -0.05) is 13.8 Å². The Hall–Kier alpha value is -1.58. The average Bonchev–Trinajstić information content (AvgIpc) is 2.16. The molecule has 1 rings (SSSR count). The second-order valence-electron chi connectivity index (χ2n) is 3.39. The Morgan fingerprint density at radius 1 is 1.43 bits per heavy atom. The smallest absolute Gasteiger partial charge is 0.261 e. The molecule has 0 radical (unpaired) electrons. The molecule has 76 valence electrons. The van der Waals surface area contributed by atoms with Gasteiger partial charge in [0.15, 0.2) is 0 Å². The molecular formula is C10H14N2O2. The van der Waals surface area contributed by atoms with Crippen molar-refractivity contribution in [2.75, 3.05) is 7.05 Å². The Balaban J connectivity index is 3.14. The third-order valence-electron chi connectivity index (χ3n) is 2.03. The Morgan fingerprint density at radius 3 is 2.50 bits per heavy atom. The van der Waals surface area contributed by atoms with Crippen molar-refractivity contribution in [1.29, 1.82) is 0 Å².